The molecule has 0 unspecified atom stereocenters. The topological polar surface area (TPSA) is 54.0 Å². The highest BCUT2D eigenvalue weighted by Crippen LogP contribution is 2.36. The summed E-state index contributed by atoms with van der Waals surface area (Å²) < 4.78 is 22.2. The lowest BCUT2D eigenvalue weighted by Gasteiger charge is -2.10. The highest BCUT2D eigenvalue weighted by atomic mass is 35.5. The number of allylic oxidation sites excluding steroid dienone is 1. The van der Waals surface area contributed by atoms with Crippen molar-refractivity contribution in [3.63, 3.8) is 0 Å². The van der Waals surface area contributed by atoms with Crippen LogP contribution in [-0.4, -0.2) is 20.0 Å². The fourth-order valence-electron chi connectivity index (χ4n) is 3.18. The largest absolute Gasteiger partial charge is 0.493 e. The SMILES string of the molecule is COc1ccc(C=C2Oc3cc(OCc4c(Cl)cccc4Cl)ccc3C2=O)cc1OC. The molecule has 0 radical (unpaired) electrons. The van der Waals surface area contributed by atoms with Crippen molar-refractivity contribution in [3.8, 4) is 23.0 Å². The monoisotopic (exact) mass is 456 g/mol. The smallest absolute Gasteiger partial charge is 0.231 e. The van der Waals surface area contributed by atoms with Crippen LogP contribution >= 0.6 is 23.2 Å². The lowest BCUT2D eigenvalue weighted by atomic mass is 10.1. The maximum Gasteiger partial charge on any atom is 0.231 e. The van der Waals surface area contributed by atoms with Gasteiger partial charge in [-0.1, -0.05) is 35.3 Å². The summed E-state index contributed by atoms with van der Waals surface area (Å²) >= 11 is 12.4. The van der Waals surface area contributed by atoms with E-state index in [1.165, 1.54) is 0 Å². The predicted octanol–water partition coefficient (Wildman–Crippen LogP) is 6.21. The first-order valence-electron chi connectivity index (χ1n) is 9.36. The Kier molecular flexibility index (Phi) is 6.07. The molecule has 0 saturated carbocycles. The lowest BCUT2D eigenvalue weighted by Crippen LogP contribution is -1.98. The number of hydrogen-bond acceptors (Lipinski definition) is 5. The third-order valence-corrected chi connectivity index (χ3v) is 5.50. The Morgan fingerprint density at radius 1 is 0.935 bits per heavy atom. The fourth-order valence-corrected chi connectivity index (χ4v) is 3.68. The van der Waals surface area contributed by atoms with Gasteiger partial charge in [0, 0.05) is 21.7 Å². The van der Waals surface area contributed by atoms with Crippen LogP contribution in [0, 0.1) is 0 Å². The van der Waals surface area contributed by atoms with Gasteiger partial charge in [-0.15, -0.1) is 0 Å². The molecule has 3 aromatic carbocycles. The van der Waals surface area contributed by atoms with E-state index < -0.39 is 0 Å². The van der Waals surface area contributed by atoms with E-state index in [1.807, 2.05) is 6.07 Å². The number of ketones is 1. The van der Waals surface area contributed by atoms with Crippen LogP contribution in [0.25, 0.3) is 6.08 Å². The first-order chi connectivity index (χ1) is 15.0. The van der Waals surface area contributed by atoms with Gasteiger partial charge >= 0.3 is 0 Å². The molecule has 0 bridgehead atoms. The minimum absolute atomic E-state index is 0.194. The Bertz CT molecular complexity index is 1170. The molecule has 0 atom stereocenters. The molecule has 0 amide bonds. The minimum Gasteiger partial charge on any atom is -0.493 e. The molecule has 0 aromatic heterocycles. The maximum atomic E-state index is 12.7. The summed E-state index contributed by atoms with van der Waals surface area (Å²) in [6.45, 7) is 0.194. The number of hydrogen-bond donors (Lipinski definition) is 0. The van der Waals surface area contributed by atoms with Gasteiger partial charge in [0.15, 0.2) is 17.3 Å². The van der Waals surface area contributed by atoms with Gasteiger partial charge in [0.25, 0.3) is 0 Å². The van der Waals surface area contributed by atoms with Crippen molar-refractivity contribution >= 4 is 35.1 Å². The molecule has 0 fully saturated rings. The van der Waals surface area contributed by atoms with E-state index in [-0.39, 0.29) is 18.1 Å². The molecule has 5 nitrogen and oxygen atoms in total. The summed E-state index contributed by atoms with van der Waals surface area (Å²) in [5.41, 5.74) is 1.91. The van der Waals surface area contributed by atoms with Gasteiger partial charge in [0.2, 0.25) is 5.78 Å². The van der Waals surface area contributed by atoms with Crippen molar-refractivity contribution in [1.82, 2.24) is 0 Å². The van der Waals surface area contributed by atoms with Crippen molar-refractivity contribution in [1.29, 1.82) is 0 Å². The van der Waals surface area contributed by atoms with Crippen molar-refractivity contribution in [3.05, 3.63) is 87.1 Å². The number of methoxy groups -OCH3 is 2. The van der Waals surface area contributed by atoms with Gasteiger partial charge < -0.3 is 18.9 Å². The van der Waals surface area contributed by atoms with E-state index in [1.54, 1.807) is 68.8 Å². The normalized spacial score (nSPS) is 13.7. The van der Waals surface area contributed by atoms with Gasteiger partial charge in [-0.05, 0) is 48.0 Å². The Morgan fingerprint density at radius 3 is 2.39 bits per heavy atom. The highest BCUT2D eigenvalue weighted by Gasteiger charge is 2.28. The number of Topliss-reactive ketones (excluding diaryl/α,β-unsaturated/α-hetero) is 1. The van der Waals surface area contributed by atoms with E-state index in [4.69, 9.17) is 42.1 Å². The third-order valence-electron chi connectivity index (χ3n) is 4.79. The van der Waals surface area contributed by atoms with E-state index in [9.17, 15) is 4.79 Å². The van der Waals surface area contributed by atoms with Crippen LogP contribution < -0.4 is 18.9 Å². The quantitative estimate of drug-likeness (QED) is 0.412. The number of benzene rings is 3. The van der Waals surface area contributed by atoms with E-state index in [0.717, 1.165) is 5.56 Å². The number of fused-ring (bicyclic) bond motifs is 1. The first kappa shape index (κ1) is 21.1. The van der Waals surface area contributed by atoms with Crippen molar-refractivity contribution in [2.75, 3.05) is 14.2 Å². The zero-order valence-corrected chi connectivity index (χ0v) is 18.3. The average molecular weight is 457 g/mol. The predicted molar refractivity (Wildman–Crippen MR) is 120 cm³/mol. The average Bonchev–Trinajstić information content (AvgIpc) is 3.07. The highest BCUT2D eigenvalue weighted by molar-refractivity contribution is 6.35. The van der Waals surface area contributed by atoms with Crippen LogP contribution in [0.4, 0.5) is 0 Å². The van der Waals surface area contributed by atoms with E-state index in [0.29, 0.717) is 44.2 Å². The summed E-state index contributed by atoms with van der Waals surface area (Å²) in [5.74, 6) is 2.15. The number of ether oxygens (including phenoxy) is 4. The molecule has 1 heterocycles. The number of carbonyl (C=O) groups excluding carboxylic acids is 1. The molecule has 0 aliphatic carbocycles. The Hall–Kier alpha value is -3.15. The number of carbonyl (C=O) groups is 1. The number of rotatable bonds is 6. The van der Waals surface area contributed by atoms with Crippen molar-refractivity contribution in [2.24, 2.45) is 0 Å². The zero-order chi connectivity index (χ0) is 22.0. The first-order valence-corrected chi connectivity index (χ1v) is 10.1. The van der Waals surface area contributed by atoms with Crippen molar-refractivity contribution < 1.29 is 23.7 Å². The molecular weight excluding hydrogens is 439 g/mol. The van der Waals surface area contributed by atoms with Crippen LogP contribution in [0.3, 0.4) is 0 Å². The molecule has 0 saturated heterocycles. The van der Waals surface area contributed by atoms with Crippen LogP contribution in [0.1, 0.15) is 21.5 Å². The Balaban J connectivity index is 1.54. The van der Waals surface area contributed by atoms with Gasteiger partial charge in [-0.25, -0.2) is 0 Å². The van der Waals surface area contributed by atoms with Gasteiger partial charge in [-0.2, -0.15) is 0 Å². The summed E-state index contributed by atoms with van der Waals surface area (Å²) in [4.78, 5) is 12.7. The summed E-state index contributed by atoms with van der Waals surface area (Å²) in [6, 6.07) is 15.7. The second-order valence-corrected chi connectivity index (χ2v) is 7.52. The Labute approximate surface area is 189 Å². The summed E-state index contributed by atoms with van der Waals surface area (Å²) in [6.07, 6.45) is 1.66. The van der Waals surface area contributed by atoms with Crippen LogP contribution in [-0.2, 0) is 6.61 Å². The molecule has 3 aromatic rings. The molecule has 0 N–H and O–H groups in total. The maximum absolute atomic E-state index is 12.7. The summed E-state index contributed by atoms with van der Waals surface area (Å²) in [7, 11) is 3.12. The molecule has 7 heteroatoms. The molecule has 1 aliphatic rings. The molecule has 31 heavy (non-hydrogen) atoms. The van der Waals surface area contributed by atoms with Gasteiger partial charge in [0.1, 0.15) is 18.1 Å². The summed E-state index contributed by atoms with van der Waals surface area (Å²) in [5, 5.41) is 1.06. The number of halogens is 2. The van der Waals surface area contributed by atoms with Crippen LogP contribution in [0.15, 0.2) is 60.4 Å². The van der Waals surface area contributed by atoms with Gasteiger partial charge in [-0.3, -0.25) is 4.79 Å². The molecule has 0 spiro atoms. The van der Waals surface area contributed by atoms with Crippen LogP contribution in [0.2, 0.25) is 10.0 Å². The second kappa shape index (κ2) is 8.92. The fraction of sp³-hybridized carbons (Fsp3) is 0.125. The zero-order valence-electron chi connectivity index (χ0n) is 16.8. The third kappa shape index (κ3) is 4.33. The Morgan fingerprint density at radius 2 is 1.68 bits per heavy atom. The van der Waals surface area contributed by atoms with E-state index in [2.05, 4.69) is 0 Å². The molecule has 1 aliphatic heterocycles. The standard InChI is InChI=1S/C24H18Cl2O5/c1-28-20-9-6-14(10-22(20)29-2)11-23-24(27)16-8-7-15(12-21(16)31-23)30-13-17-18(25)4-3-5-19(17)26/h3-12H,13H2,1-2H3. The second-order valence-electron chi connectivity index (χ2n) is 6.70. The van der Waals surface area contributed by atoms with Gasteiger partial charge in [0.05, 0.1) is 19.8 Å². The molecule has 158 valence electrons. The molecular formula is C24H18Cl2O5. The minimum atomic E-state index is -0.203. The van der Waals surface area contributed by atoms with Crippen molar-refractivity contribution in [2.45, 2.75) is 6.61 Å². The molecule has 4 rings (SSSR count). The van der Waals surface area contributed by atoms with Crippen LogP contribution in [0.5, 0.6) is 23.0 Å². The van der Waals surface area contributed by atoms with E-state index >= 15 is 0 Å². The lowest BCUT2D eigenvalue weighted by molar-refractivity contribution is 0.101.